The van der Waals surface area contributed by atoms with Gasteiger partial charge in [0.05, 0.1) is 12.0 Å². The number of primary amides is 1. The summed E-state index contributed by atoms with van der Waals surface area (Å²) in [6.07, 6.45) is 2.22. The Labute approximate surface area is 153 Å². The van der Waals surface area contributed by atoms with Crippen LogP contribution in [-0.4, -0.2) is 35.1 Å². The highest BCUT2D eigenvalue weighted by Gasteiger charge is 2.31. The van der Waals surface area contributed by atoms with Crippen LogP contribution in [0.2, 0.25) is 0 Å². The highest BCUT2D eigenvalue weighted by molar-refractivity contribution is 7.17. The van der Waals surface area contributed by atoms with Gasteiger partial charge in [0.2, 0.25) is 5.91 Å². The van der Waals surface area contributed by atoms with Crippen molar-refractivity contribution >= 4 is 33.3 Å². The number of nitrogens with two attached hydrogens (primary N) is 1. The summed E-state index contributed by atoms with van der Waals surface area (Å²) < 4.78 is 18.6. The summed E-state index contributed by atoms with van der Waals surface area (Å²) in [6.45, 7) is 1.11. The molecule has 0 aliphatic carbocycles. The van der Waals surface area contributed by atoms with Gasteiger partial charge in [0.1, 0.15) is 28.8 Å². The third-order valence-electron chi connectivity index (χ3n) is 4.56. The second-order valence-electron chi connectivity index (χ2n) is 6.21. The van der Waals surface area contributed by atoms with Gasteiger partial charge in [-0.15, -0.1) is 11.3 Å². The molecule has 3 aromatic rings. The Bertz CT molecular complexity index is 938. The molecule has 134 valence electrons. The lowest BCUT2D eigenvalue weighted by Gasteiger charge is -2.21. The molecule has 0 unspecified atom stereocenters. The van der Waals surface area contributed by atoms with Crippen molar-refractivity contribution in [3.8, 4) is 11.1 Å². The molecule has 1 aromatic carbocycles. The maximum absolute atomic E-state index is 13.3. The number of hydrogen-bond donors (Lipinski definition) is 2. The van der Waals surface area contributed by atoms with Gasteiger partial charge in [-0.05, 0) is 24.1 Å². The summed E-state index contributed by atoms with van der Waals surface area (Å²) in [6, 6.07) is 5.68. The van der Waals surface area contributed by atoms with Gasteiger partial charge >= 0.3 is 0 Å². The molecule has 3 heterocycles. The molecule has 8 heteroatoms. The van der Waals surface area contributed by atoms with Crippen LogP contribution in [0.25, 0.3) is 21.3 Å². The number of carbonyl (C=O) groups excluding carboxylic acids is 1. The quantitative estimate of drug-likeness (QED) is 0.719. The minimum atomic E-state index is -0.573. The number of thiophene rings is 1. The Morgan fingerprint density at radius 2 is 2.15 bits per heavy atom. The van der Waals surface area contributed by atoms with E-state index in [1.165, 1.54) is 29.8 Å². The van der Waals surface area contributed by atoms with E-state index >= 15 is 0 Å². The van der Waals surface area contributed by atoms with Gasteiger partial charge in [-0.3, -0.25) is 4.79 Å². The molecular formula is C18H17FN4O2S. The van der Waals surface area contributed by atoms with Crippen molar-refractivity contribution in [3.63, 3.8) is 0 Å². The minimum absolute atomic E-state index is 0.00502. The molecule has 1 aliphatic heterocycles. The number of rotatable bonds is 5. The first-order valence-electron chi connectivity index (χ1n) is 8.25. The third kappa shape index (κ3) is 3.13. The number of fused-ring (bicyclic) bond motifs is 1. The molecule has 4 rings (SSSR count). The third-order valence-corrected chi connectivity index (χ3v) is 5.45. The monoisotopic (exact) mass is 372 g/mol. The Balaban J connectivity index is 1.76. The number of ether oxygens (including phenoxy) is 1. The van der Waals surface area contributed by atoms with Gasteiger partial charge < -0.3 is 15.8 Å². The molecule has 1 amide bonds. The maximum Gasteiger partial charge on any atom is 0.240 e. The fourth-order valence-electron chi connectivity index (χ4n) is 3.21. The van der Waals surface area contributed by atoms with E-state index in [-0.39, 0.29) is 11.7 Å². The number of halogens is 1. The van der Waals surface area contributed by atoms with E-state index in [0.717, 1.165) is 27.8 Å². The van der Waals surface area contributed by atoms with E-state index in [0.29, 0.717) is 19.0 Å². The zero-order valence-corrected chi connectivity index (χ0v) is 14.6. The zero-order chi connectivity index (χ0) is 18.1. The number of aromatic nitrogens is 2. The van der Waals surface area contributed by atoms with Crippen molar-refractivity contribution in [3.05, 3.63) is 41.8 Å². The summed E-state index contributed by atoms with van der Waals surface area (Å²) in [4.78, 5) is 21.4. The van der Waals surface area contributed by atoms with Crippen molar-refractivity contribution in [1.29, 1.82) is 0 Å². The molecule has 1 fully saturated rings. The molecule has 6 nitrogen and oxygen atoms in total. The van der Waals surface area contributed by atoms with E-state index < -0.39 is 11.9 Å². The van der Waals surface area contributed by atoms with Gasteiger partial charge in [-0.2, -0.15) is 0 Å². The minimum Gasteiger partial charge on any atom is -0.381 e. The molecular weight excluding hydrogens is 355 g/mol. The lowest BCUT2D eigenvalue weighted by Crippen LogP contribution is -2.42. The number of nitrogens with zero attached hydrogens (tertiary/aromatic N) is 2. The standard InChI is InChI=1S/C18H17FN4O2S/c19-12-3-1-10(2-4-12)13-8-26-18-14(13)17(21-9-22-18)23-15(16(20)24)11-5-6-25-7-11/h1-4,8-9,11,15H,5-7H2,(H2,20,24)(H,21,22,23)/t11-,15-/m1/s1. The van der Waals surface area contributed by atoms with Crippen LogP contribution in [0.5, 0.6) is 0 Å². The first-order valence-corrected chi connectivity index (χ1v) is 9.13. The number of hydrogen-bond acceptors (Lipinski definition) is 6. The van der Waals surface area contributed by atoms with Gasteiger partial charge in [-0.25, -0.2) is 14.4 Å². The smallest absolute Gasteiger partial charge is 0.240 e. The van der Waals surface area contributed by atoms with Crippen LogP contribution >= 0.6 is 11.3 Å². The van der Waals surface area contributed by atoms with Crippen molar-refractivity contribution in [2.24, 2.45) is 11.7 Å². The summed E-state index contributed by atoms with van der Waals surface area (Å²) in [7, 11) is 0. The largest absolute Gasteiger partial charge is 0.381 e. The van der Waals surface area contributed by atoms with Crippen LogP contribution in [-0.2, 0) is 9.53 Å². The number of nitrogens with one attached hydrogen (secondary N) is 1. The van der Waals surface area contributed by atoms with E-state index in [1.807, 2.05) is 5.38 Å². The summed E-state index contributed by atoms with van der Waals surface area (Å²) in [5.41, 5.74) is 7.35. The summed E-state index contributed by atoms with van der Waals surface area (Å²) in [5, 5.41) is 5.95. The van der Waals surface area contributed by atoms with Gasteiger partial charge in [0, 0.05) is 23.5 Å². The van der Waals surface area contributed by atoms with Crippen LogP contribution in [0.4, 0.5) is 10.2 Å². The van der Waals surface area contributed by atoms with Crippen molar-refractivity contribution in [1.82, 2.24) is 9.97 Å². The van der Waals surface area contributed by atoms with E-state index in [2.05, 4.69) is 15.3 Å². The van der Waals surface area contributed by atoms with E-state index in [4.69, 9.17) is 10.5 Å². The van der Waals surface area contributed by atoms with E-state index in [1.54, 1.807) is 12.1 Å². The van der Waals surface area contributed by atoms with Crippen LogP contribution < -0.4 is 11.1 Å². The first kappa shape index (κ1) is 16.9. The predicted molar refractivity (Wildman–Crippen MR) is 98.3 cm³/mol. The van der Waals surface area contributed by atoms with Gasteiger partial charge in [-0.1, -0.05) is 12.1 Å². The molecule has 2 aromatic heterocycles. The molecule has 0 bridgehead atoms. The molecule has 2 atom stereocenters. The molecule has 0 saturated carbocycles. The Morgan fingerprint density at radius 1 is 1.35 bits per heavy atom. The maximum atomic E-state index is 13.3. The fraction of sp³-hybridized carbons (Fsp3) is 0.278. The Hall–Kier alpha value is -2.58. The second kappa shape index (κ2) is 6.97. The molecule has 0 spiro atoms. The number of amides is 1. The molecule has 1 saturated heterocycles. The van der Waals surface area contributed by atoms with Crippen LogP contribution in [0.3, 0.4) is 0 Å². The lowest BCUT2D eigenvalue weighted by molar-refractivity contribution is -0.119. The van der Waals surface area contributed by atoms with E-state index in [9.17, 15) is 9.18 Å². The molecule has 0 radical (unpaired) electrons. The molecule has 26 heavy (non-hydrogen) atoms. The summed E-state index contributed by atoms with van der Waals surface area (Å²) in [5.74, 6) is -0.180. The van der Waals surface area contributed by atoms with Crippen LogP contribution in [0, 0.1) is 11.7 Å². The van der Waals surface area contributed by atoms with Crippen LogP contribution in [0.15, 0.2) is 36.0 Å². The zero-order valence-electron chi connectivity index (χ0n) is 13.8. The SMILES string of the molecule is NC(=O)[C@H](Nc1ncnc2scc(-c3ccc(F)cc3)c12)[C@@H]1CCOC1. The van der Waals surface area contributed by atoms with Crippen LogP contribution in [0.1, 0.15) is 6.42 Å². The number of anilines is 1. The summed E-state index contributed by atoms with van der Waals surface area (Å²) >= 11 is 1.47. The molecule has 1 aliphatic rings. The first-order chi connectivity index (χ1) is 12.6. The topological polar surface area (TPSA) is 90.1 Å². The number of benzene rings is 1. The highest BCUT2D eigenvalue weighted by atomic mass is 32.1. The molecule has 3 N–H and O–H groups in total. The average molecular weight is 372 g/mol. The Kier molecular flexibility index (Phi) is 4.52. The highest BCUT2D eigenvalue weighted by Crippen LogP contribution is 2.37. The second-order valence-corrected chi connectivity index (χ2v) is 7.06. The Morgan fingerprint density at radius 3 is 2.85 bits per heavy atom. The fourth-order valence-corrected chi connectivity index (χ4v) is 4.13. The predicted octanol–water partition coefficient (Wildman–Crippen LogP) is 2.80. The van der Waals surface area contributed by atoms with Crippen molar-refractivity contribution < 1.29 is 13.9 Å². The normalized spacial score (nSPS) is 18.1. The lowest BCUT2D eigenvalue weighted by atomic mass is 9.98. The van der Waals surface area contributed by atoms with Gasteiger partial charge in [0.15, 0.2) is 0 Å². The number of carbonyl (C=O) groups is 1. The van der Waals surface area contributed by atoms with Gasteiger partial charge in [0.25, 0.3) is 0 Å². The van der Waals surface area contributed by atoms with Crippen molar-refractivity contribution in [2.75, 3.05) is 18.5 Å². The average Bonchev–Trinajstić information content (AvgIpc) is 3.30. The van der Waals surface area contributed by atoms with Crippen molar-refractivity contribution in [2.45, 2.75) is 12.5 Å².